The van der Waals surface area contributed by atoms with E-state index in [0.29, 0.717) is 10.8 Å². The summed E-state index contributed by atoms with van der Waals surface area (Å²) in [6, 6.07) is 11.9. The molecule has 0 saturated heterocycles. The monoisotopic (exact) mass is 328 g/mol. The Hall–Kier alpha value is -2.67. The number of imide groups is 1. The summed E-state index contributed by atoms with van der Waals surface area (Å²) in [7, 11) is 0. The Bertz CT molecular complexity index is 729. The summed E-state index contributed by atoms with van der Waals surface area (Å²) in [6.07, 6.45) is 1.73. The molecule has 2 amide bonds. The predicted octanol–water partition coefficient (Wildman–Crippen LogP) is 2.32. The van der Waals surface area contributed by atoms with Gasteiger partial charge in [0.1, 0.15) is 0 Å². The van der Waals surface area contributed by atoms with Crippen LogP contribution in [0.5, 0.6) is 0 Å². The van der Waals surface area contributed by atoms with E-state index in [1.807, 2.05) is 12.1 Å². The lowest BCUT2D eigenvalue weighted by Gasteiger charge is -2.12. The Kier molecular flexibility index (Phi) is 4.38. The van der Waals surface area contributed by atoms with Crippen molar-refractivity contribution in [3.8, 4) is 0 Å². The van der Waals surface area contributed by atoms with Gasteiger partial charge >= 0.3 is 5.97 Å². The molecule has 0 spiro atoms. The summed E-state index contributed by atoms with van der Waals surface area (Å²) in [6.45, 7) is 0. The van der Waals surface area contributed by atoms with Crippen LogP contribution in [-0.4, -0.2) is 33.6 Å². The van der Waals surface area contributed by atoms with E-state index >= 15 is 0 Å². The lowest BCUT2D eigenvalue weighted by Crippen LogP contribution is -2.32. The molecule has 6 nitrogen and oxygen atoms in total. The maximum Gasteiger partial charge on any atom is 0.334 e. The molecule has 1 aromatic heterocycles. The highest BCUT2D eigenvalue weighted by molar-refractivity contribution is 7.99. The minimum atomic E-state index is -0.636. The highest BCUT2D eigenvalue weighted by Crippen LogP contribution is 2.23. The minimum absolute atomic E-state index is 0.0641. The summed E-state index contributed by atoms with van der Waals surface area (Å²) in [5.41, 5.74) is 0.487. The Balaban J connectivity index is 1.55. The van der Waals surface area contributed by atoms with Crippen LogP contribution < -0.4 is 0 Å². The van der Waals surface area contributed by atoms with Crippen molar-refractivity contribution in [3.05, 3.63) is 59.8 Å². The predicted molar refractivity (Wildman–Crippen MR) is 82.6 cm³/mol. The van der Waals surface area contributed by atoms with Crippen LogP contribution in [0.3, 0.4) is 0 Å². The molecule has 116 valence electrons. The molecule has 0 N–H and O–H groups in total. The van der Waals surface area contributed by atoms with Crippen molar-refractivity contribution in [1.82, 2.24) is 10.0 Å². The van der Waals surface area contributed by atoms with Crippen LogP contribution in [0, 0.1) is 0 Å². The normalized spacial score (nSPS) is 13.1. The molecule has 0 fully saturated rings. The van der Waals surface area contributed by atoms with Crippen LogP contribution in [0.25, 0.3) is 0 Å². The van der Waals surface area contributed by atoms with Crippen molar-refractivity contribution in [3.63, 3.8) is 0 Å². The molecule has 1 aliphatic rings. The first kappa shape index (κ1) is 15.2. The van der Waals surface area contributed by atoms with Crippen LogP contribution in [0.1, 0.15) is 27.1 Å². The molecule has 0 saturated carbocycles. The largest absolute Gasteiger partial charge is 0.334 e. The number of carbonyl (C=O) groups is 3. The lowest BCUT2D eigenvalue weighted by atomic mass is 10.1. The summed E-state index contributed by atoms with van der Waals surface area (Å²) in [4.78, 5) is 45.0. The first-order chi connectivity index (χ1) is 11.2. The lowest BCUT2D eigenvalue weighted by molar-refractivity contribution is -0.167. The van der Waals surface area contributed by atoms with Crippen LogP contribution in [-0.2, 0) is 9.63 Å². The van der Waals surface area contributed by atoms with Crippen molar-refractivity contribution in [2.45, 2.75) is 11.4 Å². The number of hydrogen-bond acceptors (Lipinski definition) is 6. The molecule has 3 rings (SSSR count). The molecule has 0 unspecified atom stereocenters. The standard InChI is InChI=1S/C16H12N2O4S/c19-14(8-10-23-13-7-3-4-9-17-13)22-18-15(20)11-5-1-2-6-12(11)16(18)21/h1-7,9H,8,10H2. The minimum Gasteiger partial charge on any atom is -0.330 e. The van der Waals surface area contributed by atoms with Crippen molar-refractivity contribution in [1.29, 1.82) is 0 Å². The van der Waals surface area contributed by atoms with Gasteiger partial charge in [-0.3, -0.25) is 9.59 Å². The Labute approximate surface area is 136 Å². The van der Waals surface area contributed by atoms with Crippen LogP contribution >= 0.6 is 11.8 Å². The fourth-order valence-corrected chi connectivity index (χ4v) is 2.86. The third-order valence-corrected chi connectivity index (χ3v) is 4.09. The van der Waals surface area contributed by atoms with E-state index < -0.39 is 17.8 Å². The van der Waals surface area contributed by atoms with Gasteiger partial charge in [-0.15, -0.1) is 11.8 Å². The van der Waals surface area contributed by atoms with Gasteiger partial charge in [-0.25, -0.2) is 9.78 Å². The maximum absolute atomic E-state index is 12.1. The summed E-state index contributed by atoms with van der Waals surface area (Å²) in [5.74, 6) is -1.42. The number of hydrogen-bond donors (Lipinski definition) is 0. The zero-order valence-corrected chi connectivity index (χ0v) is 12.8. The van der Waals surface area contributed by atoms with Crippen molar-refractivity contribution in [2.75, 3.05) is 5.75 Å². The number of nitrogens with zero attached hydrogens (tertiary/aromatic N) is 2. The molecule has 0 atom stereocenters. The Morgan fingerprint density at radius 2 is 1.70 bits per heavy atom. The van der Waals surface area contributed by atoms with Crippen molar-refractivity contribution >= 4 is 29.5 Å². The molecule has 2 heterocycles. The topological polar surface area (TPSA) is 76.6 Å². The molecule has 2 aromatic rings. The number of rotatable bonds is 5. The Morgan fingerprint density at radius 3 is 2.30 bits per heavy atom. The average molecular weight is 328 g/mol. The molecule has 0 bridgehead atoms. The van der Waals surface area contributed by atoms with Gasteiger partial charge in [0.05, 0.1) is 22.6 Å². The van der Waals surface area contributed by atoms with Gasteiger partial charge in [0.2, 0.25) is 0 Å². The second-order valence-corrected chi connectivity index (χ2v) is 5.80. The van der Waals surface area contributed by atoms with E-state index in [1.54, 1.807) is 24.4 Å². The van der Waals surface area contributed by atoms with E-state index in [0.717, 1.165) is 5.03 Å². The highest BCUT2D eigenvalue weighted by Gasteiger charge is 2.38. The zero-order chi connectivity index (χ0) is 16.2. The van der Waals surface area contributed by atoms with Gasteiger partial charge < -0.3 is 4.84 Å². The number of carbonyl (C=O) groups excluding carboxylic acids is 3. The SMILES string of the molecule is O=C(CCSc1ccccn1)ON1C(=O)c2ccccc2C1=O. The molecule has 1 aliphatic heterocycles. The van der Waals surface area contributed by atoms with Gasteiger partial charge in [0.25, 0.3) is 11.8 Å². The quantitative estimate of drug-likeness (QED) is 0.619. The number of amides is 2. The number of hydroxylamine groups is 2. The third-order valence-electron chi connectivity index (χ3n) is 3.14. The van der Waals surface area contributed by atoms with Crippen molar-refractivity contribution < 1.29 is 19.2 Å². The molecular weight excluding hydrogens is 316 g/mol. The molecule has 0 aliphatic carbocycles. The Morgan fingerprint density at radius 1 is 1.04 bits per heavy atom. The van der Waals surface area contributed by atoms with E-state index in [2.05, 4.69) is 4.98 Å². The van der Waals surface area contributed by atoms with Gasteiger partial charge in [-0.1, -0.05) is 23.3 Å². The molecule has 0 radical (unpaired) electrons. The second kappa shape index (κ2) is 6.62. The zero-order valence-electron chi connectivity index (χ0n) is 12.0. The van der Waals surface area contributed by atoms with Gasteiger partial charge in [-0.2, -0.15) is 0 Å². The summed E-state index contributed by atoms with van der Waals surface area (Å²) < 4.78 is 0. The average Bonchev–Trinajstić information content (AvgIpc) is 2.81. The first-order valence-electron chi connectivity index (χ1n) is 6.89. The summed E-state index contributed by atoms with van der Waals surface area (Å²) in [5, 5.41) is 1.32. The molecule has 23 heavy (non-hydrogen) atoms. The van der Waals surface area contributed by atoms with E-state index in [9.17, 15) is 14.4 Å². The fraction of sp³-hybridized carbons (Fsp3) is 0.125. The van der Waals surface area contributed by atoms with E-state index in [4.69, 9.17) is 4.84 Å². The fourth-order valence-electron chi connectivity index (χ4n) is 2.07. The van der Waals surface area contributed by atoms with E-state index in [-0.39, 0.29) is 17.5 Å². The van der Waals surface area contributed by atoms with Gasteiger partial charge in [0, 0.05) is 11.9 Å². The number of fused-ring (bicyclic) bond motifs is 1. The number of pyridine rings is 1. The van der Waals surface area contributed by atoms with E-state index in [1.165, 1.54) is 23.9 Å². The second-order valence-electron chi connectivity index (χ2n) is 4.68. The van der Waals surface area contributed by atoms with Gasteiger partial charge in [0.15, 0.2) is 0 Å². The summed E-state index contributed by atoms with van der Waals surface area (Å²) >= 11 is 1.40. The van der Waals surface area contributed by atoms with Crippen LogP contribution in [0.4, 0.5) is 0 Å². The van der Waals surface area contributed by atoms with Gasteiger partial charge in [-0.05, 0) is 24.3 Å². The van der Waals surface area contributed by atoms with Crippen LogP contribution in [0.2, 0.25) is 0 Å². The molecule has 1 aromatic carbocycles. The molecule has 7 heteroatoms. The van der Waals surface area contributed by atoms with Crippen LogP contribution in [0.15, 0.2) is 53.7 Å². The smallest absolute Gasteiger partial charge is 0.330 e. The maximum atomic E-state index is 12.1. The number of benzene rings is 1. The number of thioether (sulfide) groups is 1. The first-order valence-corrected chi connectivity index (χ1v) is 7.88. The number of aromatic nitrogens is 1. The molecular formula is C16H12N2O4S. The third kappa shape index (κ3) is 3.24. The van der Waals surface area contributed by atoms with Crippen molar-refractivity contribution in [2.24, 2.45) is 0 Å². The highest BCUT2D eigenvalue weighted by atomic mass is 32.2.